The number of hydrogen-bond acceptors (Lipinski definition) is 4. The molecule has 0 unspecified atom stereocenters. The Hall–Kier alpha value is -1.68. The summed E-state index contributed by atoms with van der Waals surface area (Å²) in [5.74, 6) is 1.40. The predicted octanol–water partition coefficient (Wildman–Crippen LogP) is 3.90. The minimum absolute atomic E-state index is 0.112. The number of nitrogens with zero attached hydrogens (tertiary/aromatic N) is 1. The minimum atomic E-state index is 0.112. The zero-order chi connectivity index (χ0) is 13.4. The molecule has 0 N–H and O–H groups in total. The van der Waals surface area contributed by atoms with E-state index in [1.165, 1.54) is 11.3 Å². The molecule has 0 atom stereocenters. The fraction of sp³-hybridized carbons (Fsp3) is 0.333. The second-order valence-corrected chi connectivity index (χ2v) is 5.76. The van der Waals surface area contributed by atoms with Gasteiger partial charge in [0.2, 0.25) is 0 Å². The molecule has 3 nitrogen and oxygen atoms in total. The van der Waals surface area contributed by atoms with Crippen molar-refractivity contribution in [2.24, 2.45) is 0 Å². The molecule has 98 valence electrons. The molecule has 4 heteroatoms. The Morgan fingerprint density at radius 2 is 2.11 bits per heavy atom. The maximum Gasteiger partial charge on any atom is 0.171 e. The van der Waals surface area contributed by atoms with E-state index in [0.29, 0.717) is 5.92 Å². The van der Waals surface area contributed by atoms with Crippen LogP contribution in [-0.2, 0) is 0 Å². The third kappa shape index (κ3) is 2.28. The number of ketones is 1. The Bertz CT molecular complexity index is 629. The predicted molar refractivity (Wildman–Crippen MR) is 76.1 cm³/mol. The normalized spacial score (nSPS) is 14.4. The number of ether oxygens (including phenoxy) is 1. The number of aromatic nitrogens is 1. The van der Waals surface area contributed by atoms with E-state index >= 15 is 0 Å². The van der Waals surface area contributed by atoms with Crippen molar-refractivity contribution < 1.29 is 9.53 Å². The Labute approximate surface area is 116 Å². The average Bonchev–Trinajstić information content (AvgIpc) is 3.17. The van der Waals surface area contributed by atoms with Crippen LogP contribution in [0.1, 0.15) is 41.0 Å². The van der Waals surface area contributed by atoms with Crippen LogP contribution in [0, 0.1) is 0 Å². The summed E-state index contributed by atoms with van der Waals surface area (Å²) < 4.78 is 5.37. The molecule has 0 amide bonds. The van der Waals surface area contributed by atoms with Crippen molar-refractivity contribution in [1.29, 1.82) is 0 Å². The summed E-state index contributed by atoms with van der Waals surface area (Å²) in [5.41, 5.74) is 1.95. The highest BCUT2D eigenvalue weighted by atomic mass is 32.1. The van der Waals surface area contributed by atoms with E-state index in [1.807, 2.05) is 24.3 Å². The van der Waals surface area contributed by atoms with Gasteiger partial charge >= 0.3 is 0 Å². The van der Waals surface area contributed by atoms with Crippen LogP contribution >= 0.6 is 11.3 Å². The fourth-order valence-electron chi connectivity index (χ4n) is 2.15. The van der Waals surface area contributed by atoms with Crippen molar-refractivity contribution in [2.45, 2.75) is 25.7 Å². The van der Waals surface area contributed by atoms with Crippen LogP contribution in [0.2, 0.25) is 0 Å². The van der Waals surface area contributed by atoms with Crippen LogP contribution in [0.5, 0.6) is 5.75 Å². The number of para-hydroxylation sites is 1. The van der Waals surface area contributed by atoms with E-state index in [9.17, 15) is 4.79 Å². The molecule has 1 heterocycles. The van der Waals surface area contributed by atoms with Crippen molar-refractivity contribution >= 4 is 17.1 Å². The molecular weight excluding hydrogens is 258 g/mol. The van der Waals surface area contributed by atoms with Crippen molar-refractivity contribution in [3.05, 3.63) is 34.8 Å². The molecule has 0 bridgehead atoms. The molecule has 2 aromatic rings. The lowest BCUT2D eigenvalue weighted by Gasteiger charge is -2.04. The van der Waals surface area contributed by atoms with Gasteiger partial charge in [-0.2, -0.15) is 0 Å². The van der Waals surface area contributed by atoms with Crippen LogP contribution in [-0.4, -0.2) is 17.9 Å². The zero-order valence-electron chi connectivity index (χ0n) is 11.0. The van der Waals surface area contributed by atoms with Crippen molar-refractivity contribution in [2.75, 3.05) is 7.11 Å². The molecule has 19 heavy (non-hydrogen) atoms. The molecule has 1 fully saturated rings. The zero-order valence-corrected chi connectivity index (χ0v) is 11.8. The summed E-state index contributed by atoms with van der Waals surface area (Å²) in [7, 11) is 1.65. The van der Waals surface area contributed by atoms with Gasteiger partial charge in [-0.3, -0.25) is 4.79 Å². The van der Waals surface area contributed by atoms with Gasteiger partial charge < -0.3 is 4.74 Å². The lowest BCUT2D eigenvalue weighted by atomic mass is 10.2. The van der Waals surface area contributed by atoms with Crippen LogP contribution in [0.4, 0.5) is 0 Å². The van der Waals surface area contributed by atoms with Gasteiger partial charge in [0.25, 0.3) is 0 Å². The summed E-state index contributed by atoms with van der Waals surface area (Å²) in [6.45, 7) is 1.62. The minimum Gasteiger partial charge on any atom is -0.496 e. The van der Waals surface area contributed by atoms with Crippen molar-refractivity contribution in [3.63, 3.8) is 0 Å². The summed E-state index contributed by atoms with van der Waals surface area (Å²) in [4.78, 5) is 17.2. The third-order valence-corrected chi connectivity index (χ3v) is 4.48. The number of carbonyl (C=O) groups is 1. The molecule has 1 aliphatic carbocycles. The number of carbonyl (C=O) groups excluding carboxylic acids is 1. The molecule has 0 spiro atoms. The van der Waals surface area contributed by atoms with E-state index < -0.39 is 0 Å². The maximum absolute atomic E-state index is 11.7. The van der Waals surface area contributed by atoms with E-state index in [2.05, 4.69) is 4.98 Å². The topological polar surface area (TPSA) is 39.2 Å². The highest BCUT2D eigenvalue weighted by molar-refractivity contribution is 7.17. The quantitative estimate of drug-likeness (QED) is 0.793. The third-order valence-electron chi connectivity index (χ3n) is 3.27. The van der Waals surface area contributed by atoms with Crippen LogP contribution in [0.15, 0.2) is 24.3 Å². The summed E-state index contributed by atoms with van der Waals surface area (Å²) >= 11 is 1.48. The van der Waals surface area contributed by atoms with Crippen LogP contribution < -0.4 is 4.74 Å². The van der Waals surface area contributed by atoms with Gasteiger partial charge in [-0.05, 0) is 25.0 Å². The van der Waals surface area contributed by atoms with E-state index in [0.717, 1.165) is 39.7 Å². The first-order valence-corrected chi connectivity index (χ1v) is 7.17. The van der Waals surface area contributed by atoms with Gasteiger partial charge in [0.05, 0.1) is 23.2 Å². The average molecular weight is 273 g/mol. The SMILES string of the molecule is COc1ccccc1-c1nc(C2CC2)c(C(C)=O)s1. The number of rotatable bonds is 4. The second kappa shape index (κ2) is 4.78. The number of benzene rings is 1. The molecular formula is C15H15NO2S. The first kappa shape index (κ1) is 12.4. The molecule has 1 aliphatic rings. The van der Waals surface area contributed by atoms with Gasteiger partial charge in [0, 0.05) is 12.8 Å². The lowest BCUT2D eigenvalue weighted by Crippen LogP contribution is -1.93. The van der Waals surface area contributed by atoms with Crippen LogP contribution in [0.25, 0.3) is 10.6 Å². The number of thiazole rings is 1. The van der Waals surface area contributed by atoms with Gasteiger partial charge in [-0.15, -0.1) is 11.3 Å². The molecule has 0 radical (unpaired) electrons. The number of hydrogen-bond donors (Lipinski definition) is 0. The molecule has 1 saturated carbocycles. The Balaban J connectivity index is 2.10. The fourth-order valence-corrected chi connectivity index (χ4v) is 3.23. The summed E-state index contributed by atoms with van der Waals surface area (Å²) in [6.07, 6.45) is 2.30. The summed E-state index contributed by atoms with van der Waals surface area (Å²) in [6, 6.07) is 7.80. The van der Waals surface area contributed by atoms with Gasteiger partial charge in [-0.1, -0.05) is 12.1 Å². The number of methoxy groups -OCH3 is 1. The molecule has 3 rings (SSSR count). The molecule has 0 aliphatic heterocycles. The largest absolute Gasteiger partial charge is 0.496 e. The molecule has 1 aromatic carbocycles. The monoisotopic (exact) mass is 273 g/mol. The lowest BCUT2D eigenvalue weighted by molar-refractivity contribution is 0.102. The van der Waals surface area contributed by atoms with E-state index in [-0.39, 0.29) is 5.78 Å². The first-order valence-electron chi connectivity index (χ1n) is 6.35. The smallest absolute Gasteiger partial charge is 0.171 e. The van der Waals surface area contributed by atoms with E-state index in [1.54, 1.807) is 14.0 Å². The van der Waals surface area contributed by atoms with Crippen molar-refractivity contribution in [1.82, 2.24) is 4.98 Å². The number of Topliss-reactive ketones (excluding diaryl/α,β-unsaturated/α-hetero) is 1. The van der Waals surface area contributed by atoms with Gasteiger partial charge in [0.15, 0.2) is 5.78 Å². The van der Waals surface area contributed by atoms with Crippen molar-refractivity contribution in [3.8, 4) is 16.3 Å². The summed E-state index contributed by atoms with van der Waals surface area (Å²) in [5, 5.41) is 0.879. The Morgan fingerprint density at radius 3 is 2.74 bits per heavy atom. The molecule has 0 saturated heterocycles. The second-order valence-electron chi connectivity index (χ2n) is 4.76. The van der Waals surface area contributed by atoms with Crippen LogP contribution in [0.3, 0.4) is 0 Å². The maximum atomic E-state index is 11.7. The highest BCUT2D eigenvalue weighted by Gasteiger charge is 2.31. The van der Waals surface area contributed by atoms with Gasteiger partial charge in [-0.25, -0.2) is 4.98 Å². The standard InChI is InChI=1S/C15H15NO2S/c1-9(17)14-13(10-7-8-10)16-15(19-14)11-5-3-4-6-12(11)18-2/h3-6,10H,7-8H2,1-2H3. The Morgan fingerprint density at radius 1 is 1.37 bits per heavy atom. The molecule has 1 aromatic heterocycles. The van der Waals surface area contributed by atoms with Gasteiger partial charge in [0.1, 0.15) is 10.8 Å². The highest BCUT2D eigenvalue weighted by Crippen LogP contribution is 2.45. The first-order chi connectivity index (χ1) is 9.20. The van der Waals surface area contributed by atoms with E-state index in [4.69, 9.17) is 4.74 Å². The Kier molecular flexibility index (Phi) is 3.11.